The van der Waals surface area contributed by atoms with Crippen LogP contribution in [0.2, 0.25) is 5.02 Å². The summed E-state index contributed by atoms with van der Waals surface area (Å²) < 4.78 is 25.6. The third-order valence-corrected chi connectivity index (χ3v) is 6.52. The van der Waals surface area contributed by atoms with Crippen LogP contribution in [-0.4, -0.2) is 54.5 Å². The molecular weight excluding hydrogens is 348 g/mol. The van der Waals surface area contributed by atoms with Crippen LogP contribution >= 0.6 is 11.6 Å². The Bertz CT molecular complexity index is 675. The largest absolute Gasteiger partial charge is 0.357 e. The Labute approximate surface area is 150 Å². The number of nitrogens with zero attached hydrogens (tertiary/aromatic N) is 3. The van der Waals surface area contributed by atoms with Gasteiger partial charge in [0.2, 0.25) is 0 Å². The van der Waals surface area contributed by atoms with Crippen molar-refractivity contribution in [3.05, 3.63) is 23.0 Å². The number of aliphatic imine (C=N–C) groups is 1. The molecule has 6 nitrogen and oxygen atoms in total. The van der Waals surface area contributed by atoms with Crippen molar-refractivity contribution in [3.63, 3.8) is 0 Å². The summed E-state index contributed by atoms with van der Waals surface area (Å²) in [6.07, 6.45) is 1.85. The van der Waals surface area contributed by atoms with Crippen LogP contribution in [0.5, 0.6) is 0 Å². The summed E-state index contributed by atoms with van der Waals surface area (Å²) in [4.78, 5) is 6.41. The Kier molecular flexibility index (Phi) is 7.16. The van der Waals surface area contributed by atoms with Crippen LogP contribution in [0.25, 0.3) is 0 Å². The molecule has 1 aromatic heterocycles. The van der Waals surface area contributed by atoms with E-state index in [1.54, 1.807) is 20.8 Å². The fraction of sp³-hybridized carbons (Fsp3) is 0.688. The van der Waals surface area contributed by atoms with E-state index < -0.39 is 14.6 Å². The molecule has 0 fully saturated rings. The average Bonchev–Trinajstić information content (AvgIpc) is 2.74. The third-order valence-electron chi connectivity index (χ3n) is 3.72. The van der Waals surface area contributed by atoms with Crippen LogP contribution < -0.4 is 5.32 Å². The normalized spacial score (nSPS) is 13.2. The zero-order chi connectivity index (χ0) is 18.5. The van der Waals surface area contributed by atoms with Gasteiger partial charge in [-0.05, 0) is 33.8 Å². The van der Waals surface area contributed by atoms with Crippen molar-refractivity contribution in [2.75, 3.05) is 25.9 Å². The summed E-state index contributed by atoms with van der Waals surface area (Å²) in [5.41, 5.74) is 1.05. The van der Waals surface area contributed by atoms with Crippen LogP contribution in [-0.2, 0) is 23.4 Å². The Balaban J connectivity index is 2.80. The average molecular weight is 377 g/mol. The van der Waals surface area contributed by atoms with Gasteiger partial charge < -0.3 is 14.8 Å². The maximum atomic E-state index is 12.2. The molecule has 1 rings (SSSR count). The second kappa shape index (κ2) is 8.25. The standard InChI is InChI=1S/C16H29ClN4O2S/c1-7-18-15(19-8-9-24(22,23)16(2,3)4)21(6)12-14-10-13(17)11-20(14)5/h10-11H,7-9,12H2,1-6H3,(H,18,19). The minimum atomic E-state index is -3.17. The van der Waals surface area contributed by atoms with Crippen LogP contribution in [0.15, 0.2) is 17.3 Å². The van der Waals surface area contributed by atoms with Gasteiger partial charge in [0, 0.05) is 32.5 Å². The lowest BCUT2D eigenvalue weighted by Gasteiger charge is -2.23. The summed E-state index contributed by atoms with van der Waals surface area (Å²) in [6.45, 7) is 8.69. The number of hydrogen-bond acceptors (Lipinski definition) is 3. The van der Waals surface area contributed by atoms with Crippen molar-refractivity contribution < 1.29 is 8.42 Å². The predicted molar refractivity (Wildman–Crippen MR) is 101 cm³/mol. The van der Waals surface area contributed by atoms with Gasteiger partial charge in [0.05, 0.1) is 28.6 Å². The Morgan fingerprint density at radius 2 is 2.04 bits per heavy atom. The minimum absolute atomic E-state index is 0.0369. The number of hydrogen-bond donors (Lipinski definition) is 1. The van der Waals surface area contributed by atoms with Crippen LogP contribution in [0.4, 0.5) is 0 Å². The summed E-state index contributed by atoms with van der Waals surface area (Å²) >= 11 is 6.01. The number of sulfone groups is 1. The van der Waals surface area contributed by atoms with Gasteiger partial charge in [0.1, 0.15) is 0 Å². The van der Waals surface area contributed by atoms with Gasteiger partial charge in [0.15, 0.2) is 15.8 Å². The second-order valence-electron chi connectivity index (χ2n) is 6.78. The first kappa shape index (κ1) is 20.8. The van der Waals surface area contributed by atoms with E-state index in [1.807, 2.05) is 42.7 Å². The van der Waals surface area contributed by atoms with E-state index in [9.17, 15) is 8.42 Å². The van der Waals surface area contributed by atoms with Crippen LogP contribution in [0, 0.1) is 0 Å². The topological polar surface area (TPSA) is 66.7 Å². The van der Waals surface area contributed by atoms with E-state index in [-0.39, 0.29) is 12.3 Å². The first-order valence-corrected chi connectivity index (χ1v) is 10.0. The molecule has 1 heterocycles. The number of rotatable bonds is 6. The number of halogens is 1. The lowest BCUT2D eigenvalue weighted by Crippen LogP contribution is -2.39. The summed E-state index contributed by atoms with van der Waals surface area (Å²) in [6, 6.07) is 1.91. The number of nitrogens with one attached hydrogen (secondary N) is 1. The predicted octanol–water partition coefficient (Wildman–Crippen LogP) is 2.29. The van der Waals surface area contributed by atoms with Crippen LogP contribution in [0.3, 0.4) is 0 Å². The highest BCUT2D eigenvalue weighted by molar-refractivity contribution is 7.92. The van der Waals surface area contributed by atoms with E-state index in [1.165, 1.54) is 0 Å². The molecule has 0 saturated carbocycles. The van der Waals surface area contributed by atoms with E-state index in [0.29, 0.717) is 24.1 Å². The molecule has 0 amide bonds. The molecule has 0 aliphatic carbocycles. The van der Waals surface area contributed by atoms with Crippen LogP contribution in [0.1, 0.15) is 33.4 Å². The lowest BCUT2D eigenvalue weighted by atomic mass is 10.3. The molecule has 0 bridgehead atoms. The molecule has 138 valence electrons. The van der Waals surface area contributed by atoms with E-state index in [4.69, 9.17) is 11.6 Å². The molecule has 0 unspecified atom stereocenters. The summed E-state index contributed by atoms with van der Waals surface area (Å²) in [7, 11) is 0.686. The first-order chi connectivity index (χ1) is 11.0. The highest BCUT2D eigenvalue weighted by Crippen LogP contribution is 2.16. The van der Waals surface area contributed by atoms with Crippen molar-refractivity contribution in [1.82, 2.24) is 14.8 Å². The Morgan fingerprint density at radius 1 is 1.42 bits per heavy atom. The summed E-state index contributed by atoms with van der Waals surface area (Å²) in [5, 5.41) is 3.89. The van der Waals surface area contributed by atoms with Crippen molar-refractivity contribution in [2.24, 2.45) is 12.0 Å². The molecule has 1 aromatic rings. The van der Waals surface area contributed by atoms with Gasteiger partial charge in [0.25, 0.3) is 0 Å². The van der Waals surface area contributed by atoms with Gasteiger partial charge in [-0.2, -0.15) is 0 Å². The Hall–Kier alpha value is -1.21. The molecular formula is C16H29ClN4O2S. The zero-order valence-corrected chi connectivity index (χ0v) is 17.0. The van der Waals surface area contributed by atoms with E-state index in [0.717, 1.165) is 5.69 Å². The van der Waals surface area contributed by atoms with Crippen molar-refractivity contribution >= 4 is 27.4 Å². The van der Waals surface area contributed by atoms with Crippen molar-refractivity contribution in [3.8, 4) is 0 Å². The SMILES string of the molecule is CCNC(=NCCS(=O)(=O)C(C)(C)C)N(C)Cc1cc(Cl)cn1C. The molecule has 0 aromatic carbocycles. The monoisotopic (exact) mass is 376 g/mol. The maximum Gasteiger partial charge on any atom is 0.194 e. The molecule has 0 spiro atoms. The van der Waals surface area contributed by atoms with Crippen molar-refractivity contribution in [1.29, 1.82) is 0 Å². The number of aromatic nitrogens is 1. The fourth-order valence-corrected chi connectivity index (χ4v) is 3.31. The van der Waals surface area contributed by atoms with Gasteiger partial charge in [-0.25, -0.2) is 8.42 Å². The maximum absolute atomic E-state index is 12.2. The quantitative estimate of drug-likeness (QED) is 0.611. The third kappa shape index (κ3) is 5.70. The Morgan fingerprint density at radius 3 is 2.50 bits per heavy atom. The molecule has 0 aliphatic heterocycles. The van der Waals surface area contributed by atoms with Gasteiger partial charge >= 0.3 is 0 Å². The minimum Gasteiger partial charge on any atom is -0.357 e. The molecule has 0 radical (unpaired) electrons. The highest BCUT2D eigenvalue weighted by atomic mass is 35.5. The summed E-state index contributed by atoms with van der Waals surface area (Å²) in [5.74, 6) is 0.716. The molecule has 0 saturated heterocycles. The molecule has 0 atom stereocenters. The smallest absolute Gasteiger partial charge is 0.194 e. The second-order valence-corrected chi connectivity index (χ2v) is 10.1. The van der Waals surface area contributed by atoms with Gasteiger partial charge in [-0.1, -0.05) is 11.6 Å². The number of aryl methyl sites for hydroxylation is 1. The lowest BCUT2D eigenvalue weighted by molar-refractivity contribution is 0.462. The molecule has 24 heavy (non-hydrogen) atoms. The first-order valence-electron chi connectivity index (χ1n) is 8.00. The van der Waals surface area contributed by atoms with Crippen molar-refractivity contribution in [2.45, 2.75) is 39.0 Å². The van der Waals surface area contributed by atoms with E-state index >= 15 is 0 Å². The van der Waals surface area contributed by atoms with Gasteiger partial charge in [-0.15, -0.1) is 0 Å². The highest BCUT2D eigenvalue weighted by Gasteiger charge is 2.28. The molecule has 1 N–H and O–H groups in total. The fourth-order valence-electron chi connectivity index (χ4n) is 2.09. The molecule has 8 heteroatoms. The zero-order valence-electron chi connectivity index (χ0n) is 15.4. The number of guanidine groups is 1. The van der Waals surface area contributed by atoms with Gasteiger partial charge in [-0.3, -0.25) is 4.99 Å². The van der Waals surface area contributed by atoms with E-state index in [2.05, 4.69) is 10.3 Å². The molecule has 0 aliphatic rings.